The van der Waals surface area contributed by atoms with Gasteiger partial charge < -0.3 is 0 Å². The second-order valence-electron chi connectivity index (χ2n) is 3.49. The molecule has 0 aromatic heterocycles. The molecule has 2 nitrogen and oxygen atoms in total. The fraction of sp³-hybridized carbons (Fsp3) is 0.562. The zero-order valence-electron chi connectivity index (χ0n) is 13.3. The van der Waals surface area contributed by atoms with E-state index in [1.165, 1.54) is 31.0 Å². The monoisotopic (exact) mass is 403 g/mol. The van der Waals surface area contributed by atoms with E-state index in [4.69, 9.17) is 0 Å². The molecule has 1 rings (SSSR count). The summed E-state index contributed by atoms with van der Waals surface area (Å²) in [7, 11) is 0. The zero-order chi connectivity index (χ0) is 15.4. The van der Waals surface area contributed by atoms with E-state index in [1.54, 1.807) is 5.41 Å². The largest absolute Gasteiger partial charge is 0.296 e. The molecule has 1 aliphatic rings. The van der Waals surface area contributed by atoms with Crippen molar-refractivity contribution in [2.24, 2.45) is 4.99 Å². The van der Waals surface area contributed by atoms with Gasteiger partial charge in [-0.25, -0.2) is 0 Å². The molecule has 8 radical (unpaired) electrons. The molecule has 0 bridgehead atoms. The van der Waals surface area contributed by atoms with Gasteiger partial charge in [0.25, 0.3) is 0 Å². The van der Waals surface area contributed by atoms with Gasteiger partial charge in [-0.3, -0.25) is 5.11 Å². The van der Waals surface area contributed by atoms with Crippen molar-refractivity contribution in [2.45, 2.75) is 59.3 Å². The number of nitrogens with zero attached hydrogens (tertiary/aromatic N) is 1. The van der Waals surface area contributed by atoms with E-state index in [2.05, 4.69) is 52.4 Å². The van der Waals surface area contributed by atoms with Gasteiger partial charge >= 0.3 is 0 Å². The van der Waals surface area contributed by atoms with Crippen LogP contribution in [0.4, 0.5) is 0 Å². The number of rotatable bonds is 3. The molecule has 0 aromatic rings. The van der Waals surface area contributed by atoms with Gasteiger partial charge in [-0.05, 0) is 5.87 Å². The zero-order valence-corrected chi connectivity index (χ0v) is 17.0. The van der Waals surface area contributed by atoms with E-state index in [1.807, 2.05) is 0 Å². The van der Waals surface area contributed by atoms with Crippen LogP contribution in [0.2, 0.25) is 0 Å². The molecule has 0 saturated heterocycles. The van der Waals surface area contributed by atoms with Gasteiger partial charge in [0.2, 0.25) is 0 Å². The van der Waals surface area contributed by atoms with Crippen molar-refractivity contribution >= 4 is 41.5 Å². The first-order chi connectivity index (χ1) is 9.17. The fourth-order valence-corrected chi connectivity index (χ4v) is 0.644. The topological polar surface area (TPSA) is 32.3 Å². The van der Waals surface area contributed by atoms with E-state index >= 15 is 0 Å². The first-order valence-corrected chi connectivity index (χ1v) is 7.70. The predicted octanol–water partition coefficient (Wildman–Crippen LogP) is 5.63. The minimum atomic E-state index is 0. The Balaban J connectivity index is -0.0000000881. The van der Waals surface area contributed by atoms with Crippen molar-refractivity contribution < 1.29 is 5.11 Å². The maximum atomic E-state index is 9.80. The standard InChI is InChI=1S/C4H2NOS.3C4H9.Sn/c6-3-4-5-1-2-7-4;3*1-3-4-2;/h2-3H;3*1,3-4H2,2H3;. The number of unbranched alkanes of at least 4 members (excludes halogenated alkanes) is 3. The van der Waals surface area contributed by atoms with E-state index in [0.29, 0.717) is 11.3 Å². The molecular weight excluding hydrogens is 373 g/mol. The Labute approximate surface area is 148 Å². The Bertz CT molecular complexity index is 221. The summed E-state index contributed by atoms with van der Waals surface area (Å²) in [6.07, 6.45) is 7.54. The number of aliphatic imine (C=N–C) groups is 1. The van der Waals surface area contributed by atoms with Crippen molar-refractivity contribution in [1.29, 1.82) is 0 Å². The molecule has 1 heterocycles. The molecule has 0 saturated carbocycles. The van der Waals surface area contributed by atoms with Gasteiger partial charge in [0.05, 0.1) is 0 Å². The van der Waals surface area contributed by atoms with Gasteiger partial charge in [0.15, 0.2) is 11.3 Å². The molecule has 0 atom stereocenters. The van der Waals surface area contributed by atoms with Gasteiger partial charge in [0.1, 0.15) is 0 Å². The predicted molar refractivity (Wildman–Crippen MR) is 94.9 cm³/mol. The normalized spacial score (nSPS) is 12.2. The molecule has 0 fully saturated rings. The third-order valence-corrected chi connectivity index (χ3v) is 2.22. The summed E-state index contributed by atoms with van der Waals surface area (Å²) in [5, 5.41) is 11.9. The van der Waals surface area contributed by atoms with Crippen LogP contribution in [0.5, 0.6) is 0 Å². The second-order valence-corrected chi connectivity index (χ2v) is 4.38. The Morgan fingerprint density at radius 3 is 1.55 bits per heavy atom. The van der Waals surface area contributed by atoms with Crippen LogP contribution in [0.3, 0.4) is 0 Å². The van der Waals surface area contributed by atoms with Crippen molar-refractivity contribution in [3.8, 4) is 0 Å². The second kappa shape index (κ2) is 31.5. The summed E-state index contributed by atoms with van der Waals surface area (Å²) >= 11 is 1.29. The maximum absolute atomic E-state index is 9.80. The quantitative estimate of drug-likeness (QED) is 0.445. The smallest absolute Gasteiger partial charge is 0.176 e. The molecule has 114 valence electrons. The van der Waals surface area contributed by atoms with Crippen LogP contribution in [0.1, 0.15) is 59.3 Å². The maximum Gasteiger partial charge on any atom is 0.176 e. The fourth-order valence-electron chi connectivity index (χ4n) is 0.257. The van der Waals surface area contributed by atoms with Crippen LogP contribution in [0.25, 0.3) is 0 Å². The summed E-state index contributed by atoms with van der Waals surface area (Å²) in [5.74, 6) is 2.52. The minimum Gasteiger partial charge on any atom is -0.296 e. The van der Waals surface area contributed by atoms with Crippen LogP contribution in [0.15, 0.2) is 21.7 Å². The molecule has 4 heteroatoms. The first kappa shape index (κ1) is 28.3. The minimum absolute atomic E-state index is 0. The molecule has 1 aliphatic heterocycles. The Morgan fingerprint density at radius 1 is 1.10 bits per heavy atom. The SMILES string of the molecule is [CH2]CCC.[CH2]CCC.[CH2]CCC.[O]C=C1N=C=CS1.[Sn]. The van der Waals surface area contributed by atoms with Crippen molar-refractivity contribution in [3.63, 3.8) is 0 Å². The molecule has 0 aromatic carbocycles. The average Bonchev–Trinajstić information content (AvgIpc) is 3.01. The average molecular weight is 402 g/mol. The summed E-state index contributed by atoms with van der Waals surface area (Å²) in [5.41, 5.74) is 0. The summed E-state index contributed by atoms with van der Waals surface area (Å²) in [6.45, 7) is 17.2. The van der Waals surface area contributed by atoms with Crippen molar-refractivity contribution in [2.75, 3.05) is 0 Å². The first-order valence-electron chi connectivity index (χ1n) is 6.82. The molecule has 20 heavy (non-hydrogen) atoms. The van der Waals surface area contributed by atoms with E-state index in [0.717, 1.165) is 19.3 Å². The summed E-state index contributed by atoms with van der Waals surface area (Å²) < 4.78 is 0. The Kier molecular flexibility index (Phi) is 44.6. The summed E-state index contributed by atoms with van der Waals surface area (Å²) in [4.78, 5) is 3.56. The van der Waals surface area contributed by atoms with Gasteiger partial charge in [-0.15, -0.1) is 0 Å². The van der Waals surface area contributed by atoms with Crippen LogP contribution < -0.4 is 0 Å². The number of hydrogen-bond acceptors (Lipinski definition) is 2. The third-order valence-electron chi connectivity index (χ3n) is 1.57. The Morgan fingerprint density at radius 2 is 1.45 bits per heavy atom. The third kappa shape index (κ3) is 36.2. The molecule has 0 unspecified atom stereocenters. The van der Waals surface area contributed by atoms with Crippen molar-refractivity contribution in [3.05, 3.63) is 37.5 Å². The van der Waals surface area contributed by atoms with Crippen LogP contribution in [-0.4, -0.2) is 29.8 Å². The van der Waals surface area contributed by atoms with Crippen molar-refractivity contribution in [1.82, 2.24) is 0 Å². The van der Waals surface area contributed by atoms with Gasteiger partial charge in [-0.2, -0.15) is 4.99 Å². The van der Waals surface area contributed by atoms with Gasteiger partial charge in [-0.1, -0.05) is 91.8 Å². The van der Waals surface area contributed by atoms with Crippen LogP contribution >= 0.6 is 11.8 Å². The van der Waals surface area contributed by atoms with E-state index in [9.17, 15) is 5.11 Å². The van der Waals surface area contributed by atoms with Crippen LogP contribution in [0, 0.1) is 20.8 Å². The molecule has 0 spiro atoms. The van der Waals surface area contributed by atoms with Crippen LogP contribution in [-0.2, 0) is 5.11 Å². The Hall–Kier alpha value is 0.139. The molecule has 0 aliphatic carbocycles. The summed E-state index contributed by atoms with van der Waals surface area (Å²) in [6, 6.07) is 0. The van der Waals surface area contributed by atoms with E-state index < -0.39 is 0 Å². The molecule has 0 N–H and O–H groups in total. The number of hydrogen-bond donors (Lipinski definition) is 0. The number of thioether (sulfide) groups is 1. The van der Waals surface area contributed by atoms with E-state index in [-0.39, 0.29) is 23.9 Å². The molecule has 0 amide bonds. The van der Waals surface area contributed by atoms with Gasteiger partial charge in [0, 0.05) is 29.3 Å². The molecular formula is C16H29NOSSn.